The van der Waals surface area contributed by atoms with Crippen LogP contribution < -0.4 is 0 Å². The molecule has 0 unspecified atom stereocenters. The smallest absolute Gasteiger partial charge is 0.0726 e. The number of benzene rings is 1. The maximum atomic E-state index is 3.49. The van der Waals surface area contributed by atoms with E-state index in [-0.39, 0.29) is 0 Å². The molecule has 0 atom stereocenters. The van der Waals surface area contributed by atoms with E-state index in [4.69, 9.17) is 0 Å². The van der Waals surface area contributed by atoms with E-state index in [1.165, 1.54) is 24.9 Å². The van der Waals surface area contributed by atoms with E-state index in [0.29, 0.717) is 0 Å². The third-order valence-electron chi connectivity index (χ3n) is 2.14. The van der Waals surface area contributed by atoms with Crippen LogP contribution in [0.15, 0.2) is 34.1 Å². The molecule has 64 valence electrons. The normalized spacial score (nSPS) is 11.5. The average molecular weight is 252 g/mol. The van der Waals surface area contributed by atoms with Crippen LogP contribution in [0, 0.1) is 0 Å². The van der Waals surface area contributed by atoms with Gasteiger partial charge >= 0.3 is 0 Å². The van der Waals surface area contributed by atoms with Gasteiger partial charge in [0.2, 0.25) is 0 Å². The Kier molecular flexibility index (Phi) is 1.51. The molecule has 0 saturated heterocycles. The molecule has 0 amide bonds. The summed E-state index contributed by atoms with van der Waals surface area (Å²) in [5.74, 6) is 0. The molecule has 0 spiro atoms. The molecule has 13 heavy (non-hydrogen) atoms. The van der Waals surface area contributed by atoms with Crippen LogP contribution in [0.2, 0.25) is 0 Å². The molecule has 0 radical (unpaired) electrons. The lowest BCUT2D eigenvalue weighted by Gasteiger charge is -1.86. The van der Waals surface area contributed by atoms with Crippen LogP contribution in [0.4, 0.5) is 0 Å². The summed E-state index contributed by atoms with van der Waals surface area (Å²) in [6, 6.07) is 10.5. The van der Waals surface area contributed by atoms with Gasteiger partial charge in [0.25, 0.3) is 0 Å². The Hall–Kier alpha value is -0.800. The predicted octanol–water partition coefficient (Wildman–Crippen LogP) is 4.15. The highest BCUT2D eigenvalue weighted by Gasteiger charge is 2.05. The highest BCUT2D eigenvalue weighted by molar-refractivity contribution is 9.11. The van der Waals surface area contributed by atoms with E-state index in [1.54, 1.807) is 11.3 Å². The van der Waals surface area contributed by atoms with Crippen LogP contribution in [0.3, 0.4) is 0 Å². The summed E-state index contributed by atoms with van der Waals surface area (Å²) in [6.45, 7) is 0. The fraction of sp³-hybridized carbons (Fsp3) is 0. The lowest BCUT2D eigenvalue weighted by Crippen LogP contribution is -1.63. The lowest BCUT2D eigenvalue weighted by atomic mass is 10.2. The van der Waals surface area contributed by atoms with Crippen molar-refractivity contribution in [1.82, 2.24) is 4.98 Å². The Morgan fingerprint density at radius 3 is 2.92 bits per heavy atom. The maximum absolute atomic E-state index is 3.49. The summed E-state index contributed by atoms with van der Waals surface area (Å²) in [5, 5.41) is 1.31. The van der Waals surface area contributed by atoms with E-state index >= 15 is 0 Å². The van der Waals surface area contributed by atoms with Crippen LogP contribution >= 0.6 is 27.3 Å². The molecule has 1 N–H and O–H groups in total. The molecular formula is C10H6BrNS. The van der Waals surface area contributed by atoms with Crippen molar-refractivity contribution in [3.63, 3.8) is 0 Å². The zero-order valence-electron chi connectivity index (χ0n) is 6.67. The van der Waals surface area contributed by atoms with Gasteiger partial charge in [-0.25, -0.2) is 0 Å². The number of para-hydroxylation sites is 1. The van der Waals surface area contributed by atoms with Crippen LogP contribution in [0.5, 0.6) is 0 Å². The van der Waals surface area contributed by atoms with Crippen molar-refractivity contribution >= 4 is 48.4 Å². The van der Waals surface area contributed by atoms with Crippen molar-refractivity contribution in [2.45, 2.75) is 0 Å². The number of hydrogen-bond acceptors (Lipinski definition) is 1. The number of fused-ring (bicyclic) bond motifs is 3. The third kappa shape index (κ3) is 1.04. The van der Waals surface area contributed by atoms with Gasteiger partial charge in [0, 0.05) is 10.9 Å². The van der Waals surface area contributed by atoms with E-state index in [9.17, 15) is 0 Å². The molecule has 2 heterocycles. The van der Waals surface area contributed by atoms with Crippen molar-refractivity contribution in [3.8, 4) is 0 Å². The van der Waals surface area contributed by atoms with Gasteiger partial charge in [-0.2, -0.15) is 0 Å². The van der Waals surface area contributed by atoms with Crippen molar-refractivity contribution < 1.29 is 0 Å². The van der Waals surface area contributed by atoms with Gasteiger partial charge in [0.05, 0.1) is 14.0 Å². The molecule has 3 heteroatoms. The number of thiophene rings is 1. The number of hydrogen-bond donors (Lipinski definition) is 1. The highest BCUT2D eigenvalue weighted by Crippen LogP contribution is 2.34. The van der Waals surface area contributed by atoms with Crippen molar-refractivity contribution in [2.75, 3.05) is 0 Å². The van der Waals surface area contributed by atoms with Gasteiger partial charge in [-0.05, 0) is 28.1 Å². The lowest BCUT2D eigenvalue weighted by molar-refractivity contribution is 1.55. The molecule has 2 aromatic heterocycles. The Morgan fingerprint density at radius 2 is 2.00 bits per heavy atom. The van der Waals surface area contributed by atoms with Crippen LogP contribution in [0.25, 0.3) is 21.1 Å². The largest absolute Gasteiger partial charge is 0.354 e. The molecule has 0 fully saturated rings. The van der Waals surface area contributed by atoms with Gasteiger partial charge in [0.1, 0.15) is 0 Å². The van der Waals surface area contributed by atoms with E-state index in [1.807, 2.05) is 0 Å². The van der Waals surface area contributed by atoms with Crippen molar-refractivity contribution in [3.05, 3.63) is 34.1 Å². The summed E-state index contributed by atoms with van der Waals surface area (Å²) in [6.07, 6.45) is 0. The number of H-pyrrole nitrogens is 1. The fourth-order valence-electron chi connectivity index (χ4n) is 1.59. The number of halogens is 1. The third-order valence-corrected chi connectivity index (χ3v) is 3.81. The van der Waals surface area contributed by atoms with Gasteiger partial charge in [-0.15, -0.1) is 11.3 Å². The summed E-state index contributed by atoms with van der Waals surface area (Å²) >= 11 is 5.26. The van der Waals surface area contributed by atoms with Gasteiger partial charge in [-0.3, -0.25) is 0 Å². The fourth-order valence-corrected chi connectivity index (χ4v) is 3.18. The molecule has 0 bridgehead atoms. The summed E-state index contributed by atoms with van der Waals surface area (Å²) < 4.78 is 2.52. The minimum Gasteiger partial charge on any atom is -0.354 e. The number of aromatic amines is 1. The second-order valence-electron chi connectivity index (χ2n) is 2.96. The topological polar surface area (TPSA) is 15.8 Å². The van der Waals surface area contributed by atoms with E-state index in [2.05, 4.69) is 51.2 Å². The maximum Gasteiger partial charge on any atom is 0.0726 e. The Labute approximate surface area is 87.5 Å². The first-order chi connectivity index (χ1) is 6.34. The van der Waals surface area contributed by atoms with Gasteiger partial charge in [-0.1, -0.05) is 18.2 Å². The molecular weight excluding hydrogens is 246 g/mol. The molecule has 0 saturated carbocycles. The first-order valence-electron chi connectivity index (χ1n) is 4.00. The Morgan fingerprint density at radius 1 is 1.15 bits per heavy atom. The highest BCUT2D eigenvalue weighted by atomic mass is 79.9. The number of rotatable bonds is 0. The molecule has 3 aromatic rings. The van der Waals surface area contributed by atoms with Crippen LogP contribution in [-0.2, 0) is 0 Å². The first kappa shape index (κ1) is 7.59. The van der Waals surface area contributed by atoms with Crippen LogP contribution in [0.1, 0.15) is 0 Å². The number of aromatic nitrogens is 1. The minimum atomic E-state index is 1.18. The molecule has 0 aliphatic heterocycles. The predicted molar refractivity (Wildman–Crippen MR) is 61.4 cm³/mol. The Balaban J connectivity index is 2.60. The van der Waals surface area contributed by atoms with Gasteiger partial charge < -0.3 is 4.98 Å². The minimum absolute atomic E-state index is 1.18. The summed E-state index contributed by atoms with van der Waals surface area (Å²) in [7, 11) is 0. The zero-order valence-corrected chi connectivity index (χ0v) is 9.08. The second-order valence-corrected chi connectivity index (χ2v) is 5.40. The Bertz CT molecular complexity index is 579. The quantitative estimate of drug-likeness (QED) is 0.618. The first-order valence-corrected chi connectivity index (χ1v) is 5.61. The van der Waals surface area contributed by atoms with E-state index in [0.717, 1.165) is 0 Å². The standard InChI is InChI=1S/C10H6BrNS/c11-9-5-8-10(13-9)6-3-1-2-4-7(6)12-8/h1-5,12H. The summed E-state index contributed by atoms with van der Waals surface area (Å²) in [4.78, 5) is 3.38. The van der Waals surface area contributed by atoms with Crippen molar-refractivity contribution in [1.29, 1.82) is 0 Å². The van der Waals surface area contributed by atoms with Crippen molar-refractivity contribution in [2.24, 2.45) is 0 Å². The van der Waals surface area contributed by atoms with E-state index < -0.39 is 0 Å². The molecule has 1 nitrogen and oxygen atoms in total. The zero-order chi connectivity index (χ0) is 8.84. The van der Waals surface area contributed by atoms with Gasteiger partial charge in [0.15, 0.2) is 0 Å². The molecule has 0 aliphatic carbocycles. The average Bonchev–Trinajstić information content (AvgIpc) is 2.60. The summed E-state index contributed by atoms with van der Waals surface area (Å²) in [5.41, 5.74) is 2.44. The SMILES string of the molecule is Brc1cc2[nH]c3ccccc3c2s1. The number of nitrogens with one attached hydrogen (secondary N) is 1. The molecule has 1 aromatic carbocycles. The van der Waals surface area contributed by atoms with Crippen LogP contribution in [-0.4, -0.2) is 4.98 Å². The monoisotopic (exact) mass is 251 g/mol. The molecule has 3 rings (SSSR count). The second kappa shape index (κ2) is 2.59. The molecule has 0 aliphatic rings.